The molecular weight excluding hydrogens is 377 g/mol. The van der Waals surface area contributed by atoms with E-state index in [1.54, 1.807) is 24.3 Å². The summed E-state index contributed by atoms with van der Waals surface area (Å²) >= 11 is 12.1. The van der Waals surface area contributed by atoms with E-state index in [9.17, 15) is 9.59 Å². The second-order valence-corrected chi connectivity index (χ2v) is 6.51. The number of Topliss-reactive ketones (excluding diaryl/α,β-unsaturated/α-hetero) is 1. The molecule has 0 aliphatic carbocycles. The molecule has 0 fully saturated rings. The van der Waals surface area contributed by atoms with Gasteiger partial charge >= 0.3 is 5.97 Å². The van der Waals surface area contributed by atoms with Gasteiger partial charge in [0, 0.05) is 22.6 Å². The van der Waals surface area contributed by atoms with Gasteiger partial charge in [-0.15, -0.1) is 0 Å². The van der Waals surface area contributed by atoms with Gasteiger partial charge in [-0.1, -0.05) is 23.2 Å². The Bertz CT molecular complexity index is 974. The number of ether oxygens (including phenoxy) is 1. The summed E-state index contributed by atoms with van der Waals surface area (Å²) in [6.07, 6.45) is 1.36. The van der Waals surface area contributed by atoms with Gasteiger partial charge in [-0.3, -0.25) is 4.79 Å². The van der Waals surface area contributed by atoms with Crippen molar-refractivity contribution in [3.8, 4) is 5.69 Å². The zero-order chi connectivity index (χ0) is 18.8. The number of carbonyl (C=O) groups is 2. The first-order valence-corrected chi connectivity index (χ1v) is 8.52. The molecule has 1 aromatic carbocycles. The molecule has 0 aliphatic rings. The van der Waals surface area contributed by atoms with Crippen molar-refractivity contribution in [1.29, 1.82) is 0 Å². The van der Waals surface area contributed by atoms with Crippen LogP contribution in [0.1, 0.15) is 32.3 Å². The van der Waals surface area contributed by atoms with Crippen LogP contribution in [0.5, 0.6) is 0 Å². The van der Waals surface area contributed by atoms with Crippen molar-refractivity contribution < 1.29 is 18.7 Å². The number of halogens is 2. The molecule has 0 saturated carbocycles. The van der Waals surface area contributed by atoms with Gasteiger partial charge in [0.25, 0.3) is 0 Å². The van der Waals surface area contributed by atoms with Gasteiger partial charge in [-0.25, -0.2) is 4.79 Å². The van der Waals surface area contributed by atoms with Crippen molar-refractivity contribution in [2.45, 2.75) is 13.8 Å². The predicted octanol–water partition coefficient (Wildman–Crippen LogP) is 5.03. The third kappa shape index (κ3) is 3.54. The van der Waals surface area contributed by atoms with E-state index >= 15 is 0 Å². The minimum Gasteiger partial charge on any atom is -0.457 e. The van der Waals surface area contributed by atoms with Gasteiger partial charge in [-0.05, 0) is 50.2 Å². The number of ketones is 1. The Morgan fingerprint density at radius 2 is 1.88 bits per heavy atom. The van der Waals surface area contributed by atoms with Crippen LogP contribution in [0.2, 0.25) is 10.0 Å². The summed E-state index contributed by atoms with van der Waals surface area (Å²) in [4.78, 5) is 24.3. The average Bonchev–Trinajstić information content (AvgIpc) is 3.24. The van der Waals surface area contributed by atoms with Crippen molar-refractivity contribution in [3.05, 3.63) is 75.4 Å². The van der Waals surface area contributed by atoms with E-state index in [-0.39, 0.29) is 18.2 Å². The molecule has 0 spiro atoms. The molecule has 0 amide bonds. The number of aromatic nitrogens is 1. The minimum absolute atomic E-state index is 0.0547. The third-order valence-corrected chi connectivity index (χ3v) is 4.69. The van der Waals surface area contributed by atoms with Gasteiger partial charge in [0.05, 0.1) is 16.3 Å². The quantitative estimate of drug-likeness (QED) is 0.451. The zero-order valence-corrected chi connectivity index (χ0v) is 15.6. The smallest absolute Gasteiger partial charge is 0.374 e. The van der Waals surface area contributed by atoms with Crippen LogP contribution >= 0.6 is 23.2 Å². The van der Waals surface area contributed by atoms with Crippen molar-refractivity contribution in [2.75, 3.05) is 6.61 Å². The highest BCUT2D eigenvalue weighted by molar-refractivity contribution is 6.42. The Balaban J connectivity index is 1.81. The molecule has 7 heteroatoms. The van der Waals surface area contributed by atoms with Crippen LogP contribution in [0.3, 0.4) is 0 Å². The summed E-state index contributed by atoms with van der Waals surface area (Å²) in [5, 5.41) is 0.885. The molecule has 3 rings (SSSR count). The summed E-state index contributed by atoms with van der Waals surface area (Å²) in [5.41, 5.74) is 2.84. The molecule has 26 heavy (non-hydrogen) atoms. The summed E-state index contributed by atoms with van der Waals surface area (Å²) < 4.78 is 11.9. The molecule has 0 saturated heterocycles. The monoisotopic (exact) mass is 391 g/mol. The minimum atomic E-state index is -0.679. The lowest BCUT2D eigenvalue weighted by Crippen LogP contribution is -2.14. The Labute approximate surface area is 160 Å². The Morgan fingerprint density at radius 3 is 2.54 bits per heavy atom. The van der Waals surface area contributed by atoms with Crippen LogP contribution in [-0.2, 0) is 4.74 Å². The fourth-order valence-corrected chi connectivity index (χ4v) is 3.03. The molecule has 0 atom stereocenters. The maximum absolute atomic E-state index is 12.5. The highest BCUT2D eigenvalue weighted by atomic mass is 35.5. The van der Waals surface area contributed by atoms with Gasteiger partial charge in [0.15, 0.2) is 6.61 Å². The van der Waals surface area contributed by atoms with Crippen LogP contribution in [0, 0.1) is 13.8 Å². The lowest BCUT2D eigenvalue weighted by atomic mass is 10.1. The molecule has 134 valence electrons. The summed E-state index contributed by atoms with van der Waals surface area (Å²) in [5.74, 6) is -0.926. The average molecular weight is 392 g/mol. The van der Waals surface area contributed by atoms with Crippen LogP contribution in [0.25, 0.3) is 5.69 Å². The van der Waals surface area contributed by atoms with Crippen LogP contribution in [-0.4, -0.2) is 22.9 Å². The van der Waals surface area contributed by atoms with Gasteiger partial charge in [0.2, 0.25) is 11.5 Å². The van der Waals surface area contributed by atoms with Crippen molar-refractivity contribution in [3.63, 3.8) is 0 Å². The lowest BCUT2D eigenvalue weighted by Gasteiger charge is -2.11. The number of carbonyl (C=O) groups excluding carboxylic acids is 2. The first kappa shape index (κ1) is 18.3. The maximum atomic E-state index is 12.5. The molecule has 0 aliphatic heterocycles. The van der Waals surface area contributed by atoms with Gasteiger partial charge in [-0.2, -0.15) is 0 Å². The second-order valence-electron chi connectivity index (χ2n) is 5.70. The Hall–Kier alpha value is -2.50. The van der Waals surface area contributed by atoms with E-state index in [4.69, 9.17) is 32.4 Å². The van der Waals surface area contributed by atoms with Crippen LogP contribution in [0.4, 0.5) is 0 Å². The normalized spacial score (nSPS) is 10.8. The number of furan rings is 1. The standard InChI is InChI=1S/C19H15Cl2NO4/c1-11-8-14(17(23)10-26-19(24)18-4-3-7-25-18)12(2)22(11)13-5-6-15(20)16(21)9-13/h3-9H,10H2,1-2H3. The van der Waals surface area contributed by atoms with Crippen LogP contribution < -0.4 is 0 Å². The number of aryl methyl sites for hydroxylation is 1. The molecule has 2 aromatic heterocycles. The summed E-state index contributed by atoms with van der Waals surface area (Å²) in [7, 11) is 0. The van der Waals surface area contributed by atoms with E-state index in [0.717, 1.165) is 17.1 Å². The van der Waals surface area contributed by atoms with Gasteiger partial charge in [0.1, 0.15) is 0 Å². The largest absolute Gasteiger partial charge is 0.457 e. The number of hydrogen-bond acceptors (Lipinski definition) is 4. The first-order chi connectivity index (χ1) is 12.4. The Kier molecular flexibility index (Phi) is 5.20. The molecule has 0 radical (unpaired) electrons. The Morgan fingerprint density at radius 1 is 1.12 bits per heavy atom. The lowest BCUT2D eigenvalue weighted by molar-refractivity contribution is 0.0444. The molecule has 0 unspecified atom stereocenters. The number of hydrogen-bond donors (Lipinski definition) is 0. The molecule has 0 bridgehead atoms. The number of esters is 1. The third-order valence-electron chi connectivity index (χ3n) is 3.95. The first-order valence-electron chi connectivity index (χ1n) is 7.76. The molecule has 2 heterocycles. The topological polar surface area (TPSA) is 61.4 Å². The number of nitrogens with zero attached hydrogens (tertiary/aromatic N) is 1. The fourth-order valence-electron chi connectivity index (χ4n) is 2.74. The van der Waals surface area contributed by atoms with E-state index in [1.807, 2.05) is 24.5 Å². The van der Waals surface area contributed by atoms with E-state index in [1.165, 1.54) is 12.3 Å². The predicted molar refractivity (Wildman–Crippen MR) is 98.6 cm³/mol. The molecule has 5 nitrogen and oxygen atoms in total. The number of benzene rings is 1. The summed E-state index contributed by atoms with van der Waals surface area (Å²) in [6, 6.07) is 10.0. The molecule has 0 N–H and O–H groups in total. The number of rotatable bonds is 5. The zero-order valence-electron chi connectivity index (χ0n) is 14.1. The summed E-state index contributed by atoms with van der Waals surface area (Å²) in [6.45, 7) is 3.32. The second kappa shape index (κ2) is 7.40. The van der Waals surface area contributed by atoms with Crippen molar-refractivity contribution in [2.24, 2.45) is 0 Å². The van der Waals surface area contributed by atoms with E-state index < -0.39 is 5.97 Å². The SMILES string of the molecule is Cc1cc(C(=O)COC(=O)c2ccco2)c(C)n1-c1ccc(Cl)c(Cl)c1. The highest BCUT2D eigenvalue weighted by Gasteiger charge is 2.19. The van der Waals surface area contributed by atoms with E-state index in [0.29, 0.717) is 15.6 Å². The van der Waals surface area contributed by atoms with E-state index in [2.05, 4.69) is 0 Å². The maximum Gasteiger partial charge on any atom is 0.374 e. The van der Waals surface area contributed by atoms with Crippen LogP contribution in [0.15, 0.2) is 47.1 Å². The molecule has 3 aromatic rings. The fraction of sp³-hybridized carbons (Fsp3) is 0.158. The molecular formula is C19H15Cl2NO4. The highest BCUT2D eigenvalue weighted by Crippen LogP contribution is 2.27. The van der Waals surface area contributed by atoms with Crippen molar-refractivity contribution in [1.82, 2.24) is 4.57 Å². The van der Waals surface area contributed by atoms with Crippen molar-refractivity contribution >= 4 is 35.0 Å². The van der Waals surface area contributed by atoms with Gasteiger partial charge < -0.3 is 13.7 Å².